The van der Waals surface area contributed by atoms with Gasteiger partial charge in [-0.2, -0.15) is 0 Å². The second kappa shape index (κ2) is 7.47. The van der Waals surface area contributed by atoms with Crippen molar-refractivity contribution in [2.45, 2.75) is 67.9 Å². The Bertz CT molecular complexity index is 936. The molecule has 6 heteroatoms. The number of hydrogen-bond acceptors (Lipinski definition) is 5. The highest BCUT2D eigenvalue weighted by atomic mass is 32.2. The van der Waals surface area contributed by atoms with Gasteiger partial charge >= 0.3 is 5.97 Å². The van der Waals surface area contributed by atoms with Crippen molar-refractivity contribution in [3.05, 3.63) is 35.4 Å². The molecule has 0 bridgehead atoms. The highest BCUT2D eigenvalue weighted by Gasteiger charge is 2.40. The first-order chi connectivity index (χ1) is 13.4. The minimum Gasteiger partial charge on any atom is -0.462 e. The maximum Gasteiger partial charge on any atom is 0.338 e. The third kappa shape index (κ3) is 3.93. The maximum atomic E-state index is 12.8. The number of benzene rings is 1. The number of ketones is 1. The summed E-state index contributed by atoms with van der Waals surface area (Å²) in [6.45, 7) is 2.03. The summed E-state index contributed by atoms with van der Waals surface area (Å²) in [5.41, 5.74) is 1.97. The average molecular weight is 403 g/mol. The van der Waals surface area contributed by atoms with Crippen molar-refractivity contribution in [3.63, 3.8) is 0 Å². The summed E-state index contributed by atoms with van der Waals surface area (Å²) < 4.78 is 30.9. The van der Waals surface area contributed by atoms with Crippen molar-refractivity contribution in [1.29, 1.82) is 0 Å². The molecule has 0 saturated heterocycles. The van der Waals surface area contributed by atoms with E-state index in [0.29, 0.717) is 28.9 Å². The van der Waals surface area contributed by atoms with Gasteiger partial charge in [-0.3, -0.25) is 4.79 Å². The van der Waals surface area contributed by atoms with Gasteiger partial charge in [0.25, 0.3) is 0 Å². The number of hydrogen-bond donors (Lipinski definition) is 0. The summed E-state index contributed by atoms with van der Waals surface area (Å²) in [6, 6.07) is 5.26. The lowest BCUT2D eigenvalue weighted by atomic mass is 9.96. The fraction of sp³-hybridized carbons (Fsp3) is 0.545. The number of ether oxygens (including phenoxy) is 1. The Balaban J connectivity index is 1.74. The molecule has 3 aliphatic carbocycles. The van der Waals surface area contributed by atoms with Crippen molar-refractivity contribution in [2.75, 3.05) is 6.61 Å². The number of carbonyl (C=O) groups is 2. The van der Waals surface area contributed by atoms with E-state index >= 15 is 0 Å². The number of esters is 1. The normalized spacial score (nSPS) is 23.1. The molecule has 1 aromatic rings. The predicted octanol–water partition coefficient (Wildman–Crippen LogP) is 3.82. The Morgan fingerprint density at radius 3 is 2.50 bits per heavy atom. The lowest BCUT2D eigenvalue weighted by molar-refractivity contribution is -0.136. The van der Waals surface area contributed by atoms with Crippen LogP contribution in [0.3, 0.4) is 0 Å². The quantitative estimate of drug-likeness (QED) is 0.512. The fourth-order valence-corrected chi connectivity index (χ4v) is 5.89. The molecular weight excluding hydrogens is 376 g/mol. The number of sulfone groups is 1. The molecule has 0 spiro atoms. The maximum absolute atomic E-state index is 12.8. The molecule has 1 atom stereocenters. The smallest absolute Gasteiger partial charge is 0.338 e. The van der Waals surface area contributed by atoms with Crippen LogP contribution in [0.1, 0.15) is 68.9 Å². The molecule has 0 aromatic heterocycles. The zero-order valence-electron chi connectivity index (χ0n) is 16.1. The Morgan fingerprint density at radius 1 is 1.18 bits per heavy atom. The molecule has 0 unspecified atom stereocenters. The van der Waals surface area contributed by atoms with Crippen LogP contribution in [0, 0.1) is 5.92 Å². The summed E-state index contributed by atoms with van der Waals surface area (Å²) in [5.74, 6) is 0.0848. The first-order valence-corrected chi connectivity index (χ1v) is 11.7. The van der Waals surface area contributed by atoms with Crippen LogP contribution in [0.15, 0.2) is 29.2 Å². The third-order valence-corrected chi connectivity index (χ3v) is 8.12. The van der Waals surface area contributed by atoms with E-state index < -0.39 is 15.8 Å². The fourth-order valence-electron chi connectivity index (χ4n) is 3.96. The molecule has 0 radical (unpaired) electrons. The standard InChI is InChI=1S/C22H26O5S/c1-2-27-22(24)20(12-14-3-7-17(23)11-14)16-6-10-21(19(13-16)15-4-5-15)28(25,26)18-8-9-18/h6,10,12-15,18H,2-5,7-9,11H2,1H3/t14-/m0/s1. The molecular formula is C22H26O5S. The summed E-state index contributed by atoms with van der Waals surface area (Å²) >= 11 is 0. The Morgan fingerprint density at radius 2 is 1.93 bits per heavy atom. The van der Waals surface area contributed by atoms with Gasteiger partial charge in [-0.1, -0.05) is 12.1 Å². The van der Waals surface area contributed by atoms with Gasteiger partial charge in [0.1, 0.15) is 5.78 Å². The van der Waals surface area contributed by atoms with Crippen molar-refractivity contribution >= 4 is 27.2 Å². The number of allylic oxidation sites excluding steroid dienone is 1. The van der Waals surface area contributed by atoms with Gasteiger partial charge in [0.2, 0.25) is 0 Å². The van der Waals surface area contributed by atoms with E-state index in [1.165, 1.54) is 0 Å². The molecule has 3 aliphatic rings. The molecule has 0 amide bonds. The molecule has 28 heavy (non-hydrogen) atoms. The largest absolute Gasteiger partial charge is 0.462 e. The van der Waals surface area contributed by atoms with E-state index in [1.807, 2.05) is 12.1 Å². The van der Waals surface area contributed by atoms with Crippen LogP contribution in [-0.2, 0) is 24.2 Å². The lowest BCUT2D eigenvalue weighted by Gasteiger charge is -2.14. The van der Waals surface area contributed by atoms with Gasteiger partial charge in [-0.15, -0.1) is 0 Å². The Labute approximate surface area is 166 Å². The Kier molecular flexibility index (Phi) is 5.17. The zero-order chi connectivity index (χ0) is 19.9. The lowest BCUT2D eigenvalue weighted by Crippen LogP contribution is -2.12. The van der Waals surface area contributed by atoms with Gasteiger partial charge in [-0.25, -0.2) is 13.2 Å². The van der Waals surface area contributed by atoms with Crippen LogP contribution in [0.4, 0.5) is 0 Å². The van der Waals surface area contributed by atoms with Crippen LogP contribution >= 0.6 is 0 Å². The summed E-state index contributed by atoms with van der Waals surface area (Å²) in [6.07, 6.45) is 7.01. The van der Waals surface area contributed by atoms with Crippen molar-refractivity contribution in [2.24, 2.45) is 5.92 Å². The topological polar surface area (TPSA) is 77.5 Å². The molecule has 5 nitrogen and oxygen atoms in total. The second-order valence-electron chi connectivity index (χ2n) is 8.11. The van der Waals surface area contributed by atoms with Gasteiger partial charge in [0.15, 0.2) is 9.84 Å². The minimum atomic E-state index is -3.28. The second-order valence-corrected chi connectivity index (χ2v) is 10.3. The third-order valence-electron chi connectivity index (χ3n) is 5.79. The van der Waals surface area contributed by atoms with Crippen molar-refractivity contribution < 1.29 is 22.7 Å². The monoisotopic (exact) mass is 402 g/mol. The first kappa shape index (κ1) is 19.4. The molecule has 0 heterocycles. The van der Waals surface area contributed by atoms with Crippen molar-refractivity contribution in [3.8, 4) is 0 Å². The van der Waals surface area contributed by atoms with Crippen LogP contribution in [0.25, 0.3) is 5.57 Å². The number of carbonyl (C=O) groups excluding carboxylic acids is 2. The minimum absolute atomic E-state index is 0.0335. The van der Waals surface area contributed by atoms with Crippen LogP contribution < -0.4 is 0 Å². The summed E-state index contributed by atoms with van der Waals surface area (Å²) in [5, 5.41) is -0.250. The first-order valence-electron chi connectivity index (χ1n) is 10.2. The van der Waals surface area contributed by atoms with E-state index in [9.17, 15) is 18.0 Å². The molecule has 0 N–H and O–H groups in total. The van der Waals surface area contributed by atoms with Crippen LogP contribution in [0.2, 0.25) is 0 Å². The summed E-state index contributed by atoms with van der Waals surface area (Å²) in [4.78, 5) is 24.7. The average Bonchev–Trinajstić information content (AvgIpc) is 3.57. The number of rotatable bonds is 7. The van der Waals surface area contributed by atoms with E-state index in [-0.39, 0.29) is 29.5 Å². The molecule has 150 valence electrons. The van der Waals surface area contributed by atoms with E-state index in [0.717, 1.165) is 37.7 Å². The molecule has 0 aliphatic heterocycles. The highest BCUT2D eigenvalue weighted by Crippen LogP contribution is 2.46. The zero-order valence-corrected chi connectivity index (χ0v) is 17.0. The van der Waals surface area contributed by atoms with E-state index in [4.69, 9.17) is 4.74 Å². The van der Waals surface area contributed by atoms with Gasteiger partial charge < -0.3 is 4.74 Å². The molecule has 3 fully saturated rings. The predicted molar refractivity (Wildman–Crippen MR) is 106 cm³/mol. The summed E-state index contributed by atoms with van der Waals surface area (Å²) in [7, 11) is -3.28. The van der Waals surface area contributed by atoms with Crippen LogP contribution in [0.5, 0.6) is 0 Å². The SMILES string of the molecule is CCOC(=O)C(=C[C@H]1CCC(=O)C1)c1ccc(S(=O)(=O)C2CC2)c(C2CC2)c1. The van der Waals surface area contributed by atoms with Crippen molar-refractivity contribution in [1.82, 2.24) is 0 Å². The van der Waals surface area contributed by atoms with Crippen LogP contribution in [-0.4, -0.2) is 32.0 Å². The molecule has 4 rings (SSSR count). The van der Waals surface area contributed by atoms with Gasteiger partial charge in [-0.05, 0) is 74.1 Å². The number of Topliss-reactive ketones (excluding diaryl/α,β-unsaturated/α-hetero) is 1. The molecule has 1 aromatic carbocycles. The van der Waals surface area contributed by atoms with E-state index in [1.54, 1.807) is 19.1 Å². The highest BCUT2D eigenvalue weighted by molar-refractivity contribution is 7.92. The molecule has 3 saturated carbocycles. The Hall–Kier alpha value is -1.95. The van der Waals surface area contributed by atoms with Gasteiger partial charge in [0.05, 0.1) is 22.3 Å². The van der Waals surface area contributed by atoms with Gasteiger partial charge in [0, 0.05) is 12.8 Å². The van der Waals surface area contributed by atoms with E-state index in [2.05, 4.69) is 0 Å².